The Morgan fingerprint density at radius 2 is 2.00 bits per heavy atom. The van der Waals surface area contributed by atoms with Gasteiger partial charge in [0.05, 0.1) is 0 Å². The molecule has 2 bridgehead atoms. The third kappa shape index (κ3) is 1.64. The summed E-state index contributed by atoms with van der Waals surface area (Å²) < 4.78 is 10.7. The van der Waals surface area contributed by atoms with Gasteiger partial charge < -0.3 is 9.47 Å². The van der Waals surface area contributed by atoms with Gasteiger partial charge in [-0.05, 0) is 48.3 Å². The van der Waals surface area contributed by atoms with E-state index in [1.54, 1.807) is 0 Å². The van der Waals surface area contributed by atoms with Crippen molar-refractivity contribution >= 4 is 6.08 Å². The SMILES string of the molecule is C1=CC2CC1CC2/C=C/c1ccc2c(c1)OCO2. The van der Waals surface area contributed by atoms with Gasteiger partial charge in [0.1, 0.15) is 0 Å². The number of hydrogen-bond acceptors (Lipinski definition) is 2. The molecule has 0 spiro atoms. The number of fused-ring (bicyclic) bond motifs is 3. The highest BCUT2D eigenvalue weighted by Crippen LogP contribution is 2.44. The molecule has 0 radical (unpaired) electrons. The monoisotopic (exact) mass is 240 g/mol. The lowest BCUT2D eigenvalue weighted by molar-refractivity contribution is 0.174. The summed E-state index contributed by atoms with van der Waals surface area (Å²) in [7, 11) is 0. The molecule has 2 nitrogen and oxygen atoms in total. The molecule has 0 amide bonds. The van der Waals surface area contributed by atoms with E-state index in [1.165, 1.54) is 18.4 Å². The van der Waals surface area contributed by atoms with Crippen LogP contribution in [0.4, 0.5) is 0 Å². The fourth-order valence-electron chi connectivity index (χ4n) is 3.30. The Bertz CT molecular complexity index is 530. The summed E-state index contributed by atoms with van der Waals surface area (Å²) in [6.07, 6.45) is 12.0. The molecule has 1 heterocycles. The van der Waals surface area contributed by atoms with Gasteiger partial charge in [0, 0.05) is 0 Å². The van der Waals surface area contributed by atoms with Gasteiger partial charge >= 0.3 is 0 Å². The first-order valence-corrected chi connectivity index (χ1v) is 6.65. The van der Waals surface area contributed by atoms with Crippen LogP contribution in [0.1, 0.15) is 18.4 Å². The van der Waals surface area contributed by atoms with Crippen LogP contribution < -0.4 is 9.47 Å². The van der Waals surface area contributed by atoms with Crippen LogP contribution in [0, 0.1) is 17.8 Å². The fourth-order valence-corrected chi connectivity index (χ4v) is 3.30. The van der Waals surface area contributed by atoms with E-state index in [2.05, 4.69) is 36.4 Å². The zero-order chi connectivity index (χ0) is 11.9. The minimum atomic E-state index is 0.347. The Morgan fingerprint density at radius 1 is 1.06 bits per heavy atom. The maximum Gasteiger partial charge on any atom is 0.231 e. The van der Waals surface area contributed by atoms with E-state index >= 15 is 0 Å². The van der Waals surface area contributed by atoms with Crippen LogP contribution in [0.5, 0.6) is 11.5 Å². The van der Waals surface area contributed by atoms with Crippen LogP contribution in [0.25, 0.3) is 6.08 Å². The van der Waals surface area contributed by atoms with Gasteiger partial charge in [-0.2, -0.15) is 0 Å². The van der Waals surface area contributed by atoms with Crippen LogP contribution in [-0.4, -0.2) is 6.79 Å². The van der Waals surface area contributed by atoms with Crippen LogP contribution in [-0.2, 0) is 0 Å². The predicted octanol–water partition coefficient (Wildman–Crippen LogP) is 3.64. The molecule has 3 atom stereocenters. The summed E-state index contributed by atoms with van der Waals surface area (Å²) in [5, 5.41) is 0. The van der Waals surface area contributed by atoms with E-state index < -0.39 is 0 Å². The van der Waals surface area contributed by atoms with Gasteiger partial charge in [-0.3, -0.25) is 0 Å². The second-order valence-electron chi connectivity index (χ2n) is 5.42. The van der Waals surface area contributed by atoms with Crippen molar-refractivity contribution in [3.63, 3.8) is 0 Å². The molecule has 1 saturated carbocycles. The lowest BCUT2D eigenvalue weighted by atomic mass is 9.93. The Hall–Kier alpha value is -1.70. The Kier molecular flexibility index (Phi) is 2.22. The summed E-state index contributed by atoms with van der Waals surface area (Å²) in [6.45, 7) is 0.347. The number of rotatable bonds is 2. The van der Waals surface area contributed by atoms with Gasteiger partial charge in [-0.25, -0.2) is 0 Å². The molecule has 3 unspecified atom stereocenters. The molecule has 4 rings (SSSR count). The van der Waals surface area contributed by atoms with Crippen molar-refractivity contribution in [1.82, 2.24) is 0 Å². The number of allylic oxidation sites excluding steroid dienone is 3. The lowest BCUT2D eigenvalue weighted by Crippen LogP contribution is -2.02. The predicted molar refractivity (Wildman–Crippen MR) is 70.4 cm³/mol. The molecule has 0 N–H and O–H groups in total. The zero-order valence-electron chi connectivity index (χ0n) is 10.2. The minimum Gasteiger partial charge on any atom is -0.454 e. The van der Waals surface area contributed by atoms with E-state index in [4.69, 9.17) is 9.47 Å². The highest BCUT2D eigenvalue weighted by atomic mass is 16.7. The van der Waals surface area contributed by atoms with Gasteiger partial charge in [0.2, 0.25) is 6.79 Å². The van der Waals surface area contributed by atoms with E-state index in [9.17, 15) is 0 Å². The molecule has 18 heavy (non-hydrogen) atoms. The molecule has 0 aromatic heterocycles. The number of hydrogen-bond donors (Lipinski definition) is 0. The molecule has 1 aromatic carbocycles. The fraction of sp³-hybridized carbons (Fsp3) is 0.375. The average Bonchev–Trinajstić information content (AvgIpc) is 3.11. The number of ether oxygens (including phenoxy) is 2. The maximum atomic E-state index is 5.39. The molecular formula is C16H16O2. The first-order valence-electron chi connectivity index (χ1n) is 6.65. The van der Waals surface area contributed by atoms with E-state index in [0.717, 1.165) is 29.3 Å². The van der Waals surface area contributed by atoms with Gasteiger partial charge in [0.15, 0.2) is 11.5 Å². The van der Waals surface area contributed by atoms with Crippen molar-refractivity contribution in [1.29, 1.82) is 0 Å². The van der Waals surface area contributed by atoms with E-state index in [0.29, 0.717) is 6.79 Å². The summed E-state index contributed by atoms with van der Waals surface area (Å²) >= 11 is 0. The van der Waals surface area contributed by atoms with Crippen LogP contribution in [0.3, 0.4) is 0 Å². The number of benzene rings is 1. The quantitative estimate of drug-likeness (QED) is 0.735. The molecule has 1 aliphatic heterocycles. The average molecular weight is 240 g/mol. The highest BCUT2D eigenvalue weighted by molar-refractivity contribution is 5.56. The first kappa shape index (κ1) is 10.2. The Morgan fingerprint density at radius 3 is 2.83 bits per heavy atom. The van der Waals surface area contributed by atoms with Crippen LogP contribution in [0.15, 0.2) is 36.4 Å². The van der Waals surface area contributed by atoms with E-state index in [1.807, 2.05) is 6.07 Å². The van der Waals surface area contributed by atoms with Crippen molar-refractivity contribution < 1.29 is 9.47 Å². The summed E-state index contributed by atoms with van der Waals surface area (Å²) in [4.78, 5) is 0. The molecule has 1 aromatic rings. The molecule has 3 aliphatic rings. The van der Waals surface area contributed by atoms with E-state index in [-0.39, 0.29) is 0 Å². The Balaban J connectivity index is 1.53. The molecule has 0 saturated heterocycles. The summed E-state index contributed by atoms with van der Waals surface area (Å²) in [6, 6.07) is 6.14. The molecule has 2 aliphatic carbocycles. The largest absolute Gasteiger partial charge is 0.454 e. The van der Waals surface area contributed by atoms with Crippen molar-refractivity contribution in [2.45, 2.75) is 12.8 Å². The van der Waals surface area contributed by atoms with Crippen molar-refractivity contribution in [2.75, 3.05) is 6.79 Å². The van der Waals surface area contributed by atoms with Crippen LogP contribution >= 0.6 is 0 Å². The molecule has 2 heteroatoms. The Labute approximate surface area is 107 Å². The third-order valence-electron chi connectivity index (χ3n) is 4.26. The molecular weight excluding hydrogens is 224 g/mol. The maximum absolute atomic E-state index is 5.39. The van der Waals surface area contributed by atoms with Gasteiger partial charge in [-0.1, -0.05) is 30.4 Å². The van der Waals surface area contributed by atoms with Crippen LogP contribution in [0.2, 0.25) is 0 Å². The second-order valence-corrected chi connectivity index (χ2v) is 5.42. The minimum absolute atomic E-state index is 0.347. The lowest BCUT2D eigenvalue weighted by Gasteiger charge is -2.12. The zero-order valence-corrected chi connectivity index (χ0v) is 10.2. The topological polar surface area (TPSA) is 18.5 Å². The normalized spacial score (nSPS) is 31.7. The molecule has 92 valence electrons. The molecule has 1 fully saturated rings. The van der Waals surface area contributed by atoms with Gasteiger partial charge in [-0.15, -0.1) is 0 Å². The first-order chi connectivity index (χ1) is 8.88. The standard InChI is InChI=1S/C16H16O2/c1(4-13-7-12-2-5-14(13)8-12)11-3-6-15-16(9-11)18-10-17-15/h1-6,9,12-14H,7-8,10H2/b4-1+. The summed E-state index contributed by atoms with van der Waals surface area (Å²) in [5.41, 5.74) is 1.20. The summed E-state index contributed by atoms with van der Waals surface area (Å²) in [5.74, 6) is 4.06. The third-order valence-corrected chi connectivity index (χ3v) is 4.26. The van der Waals surface area contributed by atoms with Crippen molar-refractivity contribution in [2.24, 2.45) is 17.8 Å². The van der Waals surface area contributed by atoms with Gasteiger partial charge in [0.25, 0.3) is 0 Å². The smallest absolute Gasteiger partial charge is 0.231 e. The van der Waals surface area contributed by atoms with Crippen molar-refractivity contribution in [3.8, 4) is 11.5 Å². The second kappa shape index (κ2) is 3.91. The highest BCUT2D eigenvalue weighted by Gasteiger charge is 2.33. The van der Waals surface area contributed by atoms with Crippen molar-refractivity contribution in [3.05, 3.63) is 42.0 Å².